The van der Waals surface area contributed by atoms with Crippen LogP contribution in [0.25, 0.3) is 0 Å². The number of halogens is 3. The van der Waals surface area contributed by atoms with E-state index >= 15 is 0 Å². The molecule has 0 radical (unpaired) electrons. The molecule has 0 spiro atoms. The molecule has 0 bridgehead atoms. The molecular formula is C15H12BrClFNO3. The largest absolute Gasteiger partial charge is 0.483 e. The van der Waals surface area contributed by atoms with Gasteiger partial charge in [0.2, 0.25) is 0 Å². The molecule has 116 valence electrons. The minimum Gasteiger partial charge on any atom is -0.483 e. The molecule has 2 rings (SSSR count). The molecule has 0 aromatic heterocycles. The zero-order valence-corrected chi connectivity index (χ0v) is 13.6. The maximum atomic E-state index is 13.6. The average Bonchev–Trinajstić information content (AvgIpc) is 2.48. The molecule has 7 heteroatoms. The second-order valence-electron chi connectivity index (χ2n) is 4.37. The highest BCUT2D eigenvalue weighted by Gasteiger charge is 2.10. The van der Waals surface area contributed by atoms with E-state index in [0.717, 1.165) is 10.5 Å². The third kappa shape index (κ3) is 4.43. The number of carbonyl (C=O) groups is 1. The van der Waals surface area contributed by atoms with Gasteiger partial charge in [0.1, 0.15) is 11.6 Å². The first-order valence-electron chi connectivity index (χ1n) is 6.26. The first-order valence-corrected chi connectivity index (χ1v) is 7.43. The average molecular weight is 389 g/mol. The van der Waals surface area contributed by atoms with Gasteiger partial charge in [0.25, 0.3) is 5.91 Å². The summed E-state index contributed by atoms with van der Waals surface area (Å²) in [5.74, 6) is -0.758. The summed E-state index contributed by atoms with van der Waals surface area (Å²) in [6.45, 7) is -0.529. The Bertz CT molecular complexity index is 696. The van der Waals surface area contributed by atoms with Crippen LogP contribution in [0, 0.1) is 5.82 Å². The Morgan fingerprint density at radius 3 is 2.77 bits per heavy atom. The second kappa shape index (κ2) is 7.58. The van der Waals surface area contributed by atoms with Crippen molar-refractivity contribution >= 4 is 39.1 Å². The molecule has 2 aromatic rings. The van der Waals surface area contributed by atoms with Crippen LogP contribution in [0.3, 0.4) is 0 Å². The van der Waals surface area contributed by atoms with Crippen molar-refractivity contribution < 1.29 is 19.0 Å². The molecule has 0 aliphatic rings. The summed E-state index contributed by atoms with van der Waals surface area (Å²) in [7, 11) is 0. The number of rotatable bonds is 5. The molecule has 0 heterocycles. The molecule has 2 N–H and O–H groups in total. The number of aliphatic hydroxyl groups is 1. The van der Waals surface area contributed by atoms with Gasteiger partial charge in [-0.15, -0.1) is 0 Å². The van der Waals surface area contributed by atoms with Crippen LogP contribution in [0.4, 0.5) is 10.1 Å². The molecular weight excluding hydrogens is 377 g/mol. The molecule has 0 saturated carbocycles. The first-order chi connectivity index (χ1) is 10.5. The van der Waals surface area contributed by atoms with Crippen LogP contribution in [0.15, 0.2) is 40.9 Å². The van der Waals surface area contributed by atoms with Crippen molar-refractivity contribution in [3.8, 4) is 5.75 Å². The van der Waals surface area contributed by atoms with Gasteiger partial charge in [-0.2, -0.15) is 0 Å². The maximum absolute atomic E-state index is 13.6. The zero-order valence-electron chi connectivity index (χ0n) is 11.3. The first kappa shape index (κ1) is 16.7. The standard InChI is InChI=1S/C15H12BrClFNO3/c16-10-1-4-14(9(5-10)7-20)22-8-15(21)19-13-3-2-11(17)6-12(13)18/h1-6,20H,7-8H2,(H,19,21). The molecule has 0 unspecified atom stereocenters. The Morgan fingerprint density at radius 1 is 1.32 bits per heavy atom. The number of hydrogen-bond acceptors (Lipinski definition) is 3. The number of anilines is 1. The Morgan fingerprint density at radius 2 is 2.09 bits per heavy atom. The van der Waals surface area contributed by atoms with Gasteiger partial charge in [0, 0.05) is 15.1 Å². The van der Waals surface area contributed by atoms with Crippen molar-refractivity contribution in [3.63, 3.8) is 0 Å². The fourth-order valence-corrected chi connectivity index (χ4v) is 2.30. The van der Waals surface area contributed by atoms with Gasteiger partial charge in [0.05, 0.1) is 12.3 Å². The Balaban J connectivity index is 1.98. The van der Waals surface area contributed by atoms with Crippen molar-refractivity contribution in [1.82, 2.24) is 0 Å². The van der Waals surface area contributed by atoms with E-state index in [0.29, 0.717) is 11.3 Å². The lowest BCUT2D eigenvalue weighted by atomic mass is 10.2. The highest BCUT2D eigenvalue weighted by atomic mass is 79.9. The van der Waals surface area contributed by atoms with E-state index in [9.17, 15) is 14.3 Å². The molecule has 2 aromatic carbocycles. The van der Waals surface area contributed by atoms with Gasteiger partial charge >= 0.3 is 0 Å². The molecule has 0 aliphatic heterocycles. The second-order valence-corrected chi connectivity index (χ2v) is 5.72. The summed E-state index contributed by atoms with van der Waals surface area (Å²) in [5, 5.41) is 11.9. The lowest BCUT2D eigenvalue weighted by Crippen LogP contribution is -2.21. The molecule has 1 amide bonds. The Labute approximate surface area is 140 Å². The summed E-state index contributed by atoms with van der Waals surface area (Å²) in [6, 6.07) is 8.99. The molecule has 4 nitrogen and oxygen atoms in total. The van der Waals surface area contributed by atoms with E-state index in [1.807, 2.05) is 0 Å². The van der Waals surface area contributed by atoms with Gasteiger partial charge < -0.3 is 15.2 Å². The van der Waals surface area contributed by atoms with Crippen LogP contribution in [0.1, 0.15) is 5.56 Å². The topological polar surface area (TPSA) is 58.6 Å². The quantitative estimate of drug-likeness (QED) is 0.820. The summed E-state index contributed by atoms with van der Waals surface area (Å²) in [6.07, 6.45) is 0. The van der Waals surface area contributed by atoms with E-state index < -0.39 is 11.7 Å². The molecule has 0 aliphatic carbocycles. The van der Waals surface area contributed by atoms with Crippen LogP contribution in [-0.4, -0.2) is 17.6 Å². The molecule has 0 atom stereocenters. The van der Waals surface area contributed by atoms with Gasteiger partial charge in [-0.25, -0.2) is 4.39 Å². The third-order valence-electron chi connectivity index (χ3n) is 2.76. The normalized spacial score (nSPS) is 10.4. The van der Waals surface area contributed by atoms with Crippen molar-refractivity contribution in [3.05, 3.63) is 57.3 Å². The van der Waals surface area contributed by atoms with Crippen LogP contribution in [0.2, 0.25) is 5.02 Å². The van der Waals surface area contributed by atoms with Gasteiger partial charge in [-0.05, 0) is 36.4 Å². The Kier molecular flexibility index (Phi) is 5.76. The van der Waals surface area contributed by atoms with Gasteiger partial charge in [0.15, 0.2) is 6.61 Å². The van der Waals surface area contributed by atoms with E-state index in [1.165, 1.54) is 12.1 Å². The smallest absolute Gasteiger partial charge is 0.262 e. The fourth-order valence-electron chi connectivity index (χ4n) is 1.73. The molecule has 0 fully saturated rings. The number of hydrogen-bond donors (Lipinski definition) is 2. The monoisotopic (exact) mass is 387 g/mol. The van der Waals surface area contributed by atoms with Crippen molar-refractivity contribution in [2.45, 2.75) is 6.61 Å². The zero-order chi connectivity index (χ0) is 16.1. The number of nitrogens with one attached hydrogen (secondary N) is 1. The molecule has 0 saturated heterocycles. The van der Waals surface area contributed by atoms with E-state index in [4.69, 9.17) is 16.3 Å². The van der Waals surface area contributed by atoms with E-state index in [-0.39, 0.29) is 23.9 Å². The van der Waals surface area contributed by atoms with Crippen molar-refractivity contribution in [2.75, 3.05) is 11.9 Å². The summed E-state index contributed by atoms with van der Waals surface area (Å²) in [4.78, 5) is 11.8. The number of ether oxygens (including phenoxy) is 1. The van der Waals surface area contributed by atoms with Crippen LogP contribution < -0.4 is 10.1 Å². The summed E-state index contributed by atoms with van der Waals surface area (Å²) >= 11 is 8.91. The summed E-state index contributed by atoms with van der Waals surface area (Å²) in [5.41, 5.74) is 0.566. The number of carbonyl (C=O) groups excluding carboxylic acids is 1. The minimum absolute atomic E-state index is 0.0242. The van der Waals surface area contributed by atoms with Crippen LogP contribution in [-0.2, 0) is 11.4 Å². The number of aliphatic hydroxyl groups excluding tert-OH is 1. The van der Waals surface area contributed by atoms with Crippen LogP contribution >= 0.6 is 27.5 Å². The maximum Gasteiger partial charge on any atom is 0.262 e. The van der Waals surface area contributed by atoms with Gasteiger partial charge in [-0.3, -0.25) is 4.79 Å². The van der Waals surface area contributed by atoms with Crippen molar-refractivity contribution in [2.24, 2.45) is 0 Å². The highest BCUT2D eigenvalue weighted by Crippen LogP contribution is 2.23. The lowest BCUT2D eigenvalue weighted by molar-refractivity contribution is -0.118. The van der Waals surface area contributed by atoms with Crippen molar-refractivity contribution in [1.29, 1.82) is 0 Å². The highest BCUT2D eigenvalue weighted by molar-refractivity contribution is 9.10. The van der Waals surface area contributed by atoms with E-state index in [2.05, 4.69) is 21.2 Å². The van der Waals surface area contributed by atoms with Gasteiger partial charge in [-0.1, -0.05) is 27.5 Å². The third-order valence-corrected chi connectivity index (χ3v) is 3.49. The van der Waals surface area contributed by atoms with E-state index in [1.54, 1.807) is 18.2 Å². The number of amides is 1. The molecule has 22 heavy (non-hydrogen) atoms. The minimum atomic E-state index is -0.625. The predicted octanol–water partition coefficient (Wildman–Crippen LogP) is 3.75. The fraction of sp³-hybridized carbons (Fsp3) is 0.133. The van der Waals surface area contributed by atoms with Crippen LogP contribution in [0.5, 0.6) is 5.75 Å². The lowest BCUT2D eigenvalue weighted by Gasteiger charge is -2.11. The Hall–Kier alpha value is -1.63. The SMILES string of the molecule is O=C(COc1ccc(Br)cc1CO)Nc1ccc(Cl)cc1F. The number of benzene rings is 2. The predicted molar refractivity (Wildman–Crippen MR) is 85.6 cm³/mol. The summed E-state index contributed by atoms with van der Waals surface area (Å²) < 4.78 is 19.7.